The Balaban J connectivity index is 1.54. The fraction of sp³-hybridized carbons (Fsp3) is 0.304. The molecule has 1 fully saturated rings. The molecule has 0 spiro atoms. The summed E-state index contributed by atoms with van der Waals surface area (Å²) in [6, 6.07) is 14.3. The minimum absolute atomic E-state index is 0.0102. The van der Waals surface area contributed by atoms with Crippen LogP contribution in [0.3, 0.4) is 0 Å². The first-order valence-corrected chi connectivity index (χ1v) is 11.3. The molecule has 1 aliphatic rings. The molecular formula is C23H26ClN7O2. The van der Waals surface area contributed by atoms with Crippen LogP contribution in [0.1, 0.15) is 24.8 Å². The summed E-state index contributed by atoms with van der Waals surface area (Å²) >= 11 is 6.06. The predicted molar refractivity (Wildman–Crippen MR) is 129 cm³/mol. The predicted octanol–water partition coefficient (Wildman–Crippen LogP) is 3.71. The maximum atomic E-state index is 12.4. The van der Waals surface area contributed by atoms with Crippen LogP contribution in [-0.4, -0.2) is 45.1 Å². The molecule has 1 aliphatic heterocycles. The molecule has 1 unspecified atom stereocenters. The van der Waals surface area contributed by atoms with Gasteiger partial charge in [-0.05, 0) is 49.4 Å². The van der Waals surface area contributed by atoms with Crippen molar-refractivity contribution < 1.29 is 9.90 Å². The number of rotatable bonds is 8. The Morgan fingerprint density at radius 1 is 1.03 bits per heavy atom. The Morgan fingerprint density at radius 2 is 1.82 bits per heavy atom. The summed E-state index contributed by atoms with van der Waals surface area (Å²) in [5.41, 5.74) is 1.55. The average Bonchev–Trinajstić information content (AvgIpc) is 3.01. The van der Waals surface area contributed by atoms with Crippen LogP contribution in [0.2, 0.25) is 5.02 Å². The number of aromatic hydroxyl groups is 1. The Bertz CT molecular complexity index is 1100. The van der Waals surface area contributed by atoms with Gasteiger partial charge in [-0.25, -0.2) is 0 Å². The summed E-state index contributed by atoms with van der Waals surface area (Å²) in [5, 5.41) is 22.8. The largest absolute Gasteiger partial charge is 0.506 e. The number of aromatic nitrogens is 3. The molecule has 10 heteroatoms. The van der Waals surface area contributed by atoms with E-state index in [2.05, 4.69) is 48.4 Å². The monoisotopic (exact) mass is 467 g/mol. The smallest absolute Gasteiger partial charge is 0.242 e. The van der Waals surface area contributed by atoms with Crippen LogP contribution in [0.5, 0.6) is 5.75 Å². The lowest BCUT2D eigenvalue weighted by atomic mass is 10.1. The number of hydrogen-bond donors (Lipinski definition) is 5. The molecule has 3 aromatic rings. The van der Waals surface area contributed by atoms with Crippen LogP contribution < -0.4 is 21.3 Å². The van der Waals surface area contributed by atoms with Crippen molar-refractivity contribution in [2.45, 2.75) is 31.7 Å². The third kappa shape index (κ3) is 6.45. The van der Waals surface area contributed by atoms with Crippen LogP contribution in [0.4, 0.5) is 23.5 Å². The molecule has 1 amide bonds. The maximum absolute atomic E-state index is 12.4. The first-order chi connectivity index (χ1) is 16.1. The van der Waals surface area contributed by atoms with Gasteiger partial charge in [0.15, 0.2) is 0 Å². The first kappa shape index (κ1) is 22.6. The number of nitrogens with one attached hydrogen (secondary N) is 4. The van der Waals surface area contributed by atoms with Gasteiger partial charge in [0.2, 0.25) is 23.8 Å². The number of phenolic OH excluding ortho intramolecular Hbond substituents is 1. The number of phenols is 1. The van der Waals surface area contributed by atoms with Gasteiger partial charge in [-0.15, -0.1) is 0 Å². The molecule has 5 N–H and O–H groups in total. The standard InChI is InChI=1S/C23H26ClN7O2/c24-16-9-10-19(32)18(14-16)28-23-30-21(26-13-11-15-6-2-1-3-7-15)29-22(31-23)27-17-8-4-5-12-25-20(17)33/h1-3,6-7,9-10,14,17,32H,4-5,8,11-13H2,(H,25,33)(H3,26,27,28,29,30,31). The summed E-state index contributed by atoms with van der Waals surface area (Å²) in [4.78, 5) is 25.6. The zero-order valence-corrected chi connectivity index (χ0v) is 18.8. The van der Waals surface area contributed by atoms with Gasteiger partial charge in [-0.3, -0.25) is 4.79 Å². The highest BCUT2D eigenvalue weighted by Crippen LogP contribution is 2.29. The highest BCUT2D eigenvalue weighted by atomic mass is 35.5. The molecular weight excluding hydrogens is 442 g/mol. The molecule has 1 atom stereocenters. The summed E-state index contributed by atoms with van der Waals surface area (Å²) in [5.74, 6) is 0.755. The normalized spacial score (nSPS) is 15.9. The van der Waals surface area contributed by atoms with Crippen LogP contribution in [0, 0.1) is 0 Å². The molecule has 0 radical (unpaired) electrons. The fourth-order valence-corrected chi connectivity index (χ4v) is 3.67. The summed E-state index contributed by atoms with van der Waals surface area (Å²) in [7, 11) is 0. The van der Waals surface area contributed by atoms with Gasteiger partial charge in [-0.2, -0.15) is 15.0 Å². The summed E-state index contributed by atoms with van der Waals surface area (Å²) in [6.07, 6.45) is 3.34. The van der Waals surface area contributed by atoms with E-state index in [0.29, 0.717) is 36.2 Å². The van der Waals surface area contributed by atoms with Gasteiger partial charge < -0.3 is 26.4 Å². The second-order valence-electron chi connectivity index (χ2n) is 7.74. The van der Waals surface area contributed by atoms with Gasteiger partial charge in [0, 0.05) is 18.1 Å². The highest BCUT2D eigenvalue weighted by molar-refractivity contribution is 6.30. The molecule has 1 aromatic heterocycles. The number of halogens is 1. The molecule has 1 saturated heterocycles. The summed E-state index contributed by atoms with van der Waals surface area (Å²) in [6.45, 7) is 1.28. The molecule has 0 saturated carbocycles. The van der Waals surface area contributed by atoms with Crippen molar-refractivity contribution in [2.24, 2.45) is 0 Å². The lowest BCUT2D eigenvalue weighted by Crippen LogP contribution is -2.38. The number of benzene rings is 2. The third-order valence-corrected chi connectivity index (χ3v) is 5.45. The number of carbonyl (C=O) groups excluding carboxylic acids is 1. The number of anilines is 4. The van der Waals surface area contributed by atoms with Crippen molar-refractivity contribution in [1.82, 2.24) is 20.3 Å². The van der Waals surface area contributed by atoms with Crippen molar-refractivity contribution in [3.05, 3.63) is 59.1 Å². The van der Waals surface area contributed by atoms with Crippen molar-refractivity contribution in [2.75, 3.05) is 29.0 Å². The van der Waals surface area contributed by atoms with E-state index in [-0.39, 0.29) is 23.6 Å². The van der Waals surface area contributed by atoms with Crippen LogP contribution in [-0.2, 0) is 11.2 Å². The van der Waals surface area contributed by atoms with Gasteiger partial charge >= 0.3 is 0 Å². The Morgan fingerprint density at radius 3 is 2.67 bits per heavy atom. The van der Waals surface area contributed by atoms with E-state index in [0.717, 1.165) is 19.3 Å². The molecule has 0 aliphatic carbocycles. The minimum atomic E-state index is -0.431. The Labute approximate surface area is 197 Å². The van der Waals surface area contributed by atoms with E-state index in [9.17, 15) is 9.90 Å². The van der Waals surface area contributed by atoms with Gasteiger partial charge in [0.1, 0.15) is 11.8 Å². The summed E-state index contributed by atoms with van der Waals surface area (Å²) < 4.78 is 0. The number of nitrogens with zero attached hydrogens (tertiary/aromatic N) is 3. The number of hydrogen-bond acceptors (Lipinski definition) is 8. The minimum Gasteiger partial charge on any atom is -0.506 e. The second kappa shape index (κ2) is 10.8. The van der Waals surface area contributed by atoms with Crippen LogP contribution in [0.15, 0.2) is 48.5 Å². The molecule has 172 valence electrons. The van der Waals surface area contributed by atoms with Gasteiger partial charge in [-0.1, -0.05) is 41.9 Å². The van der Waals surface area contributed by atoms with E-state index in [1.54, 1.807) is 12.1 Å². The van der Waals surface area contributed by atoms with Crippen molar-refractivity contribution in [1.29, 1.82) is 0 Å². The lowest BCUT2D eigenvalue weighted by molar-refractivity contribution is -0.121. The van der Waals surface area contributed by atoms with Crippen molar-refractivity contribution in [3.63, 3.8) is 0 Å². The molecule has 2 aromatic carbocycles. The Kier molecular flexibility index (Phi) is 7.41. The van der Waals surface area contributed by atoms with Gasteiger partial charge in [0.25, 0.3) is 0 Å². The zero-order valence-electron chi connectivity index (χ0n) is 18.0. The lowest BCUT2D eigenvalue weighted by Gasteiger charge is -2.17. The van der Waals surface area contributed by atoms with Crippen LogP contribution in [0.25, 0.3) is 0 Å². The topological polar surface area (TPSA) is 124 Å². The molecule has 4 rings (SSSR count). The average molecular weight is 468 g/mol. The van der Waals surface area contributed by atoms with E-state index >= 15 is 0 Å². The Hall–Kier alpha value is -3.59. The first-order valence-electron chi connectivity index (χ1n) is 10.9. The van der Waals surface area contributed by atoms with Crippen LogP contribution >= 0.6 is 11.6 Å². The molecule has 2 heterocycles. The van der Waals surface area contributed by atoms with Crippen molar-refractivity contribution in [3.8, 4) is 5.75 Å². The second-order valence-corrected chi connectivity index (χ2v) is 8.18. The van der Waals surface area contributed by atoms with Crippen molar-refractivity contribution >= 4 is 41.0 Å². The zero-order chi connectivity index (χ0) is 23.0. The van der Waals surface area contributed by atoms with E-state index < -0.39 is 6.04 Å². The van der Waals surface area contributed by atoms with E-state index in [1.165, 1.54) is 11.6 Å². The highest BCUT2D eigenvalue weighted by Gasteiger charge is 2.22. The SMILES string of the molecule is O=C1NCCCCC1Nc1nc(NCCc2ccccc2)nc(Nc2cc(Cl)ccc2O)n1. The maximum Gasteiger partial charge on any atom is 0.242 e. The molecule has 33 heavy (non-hydrogen) atoms. The number of amides is 1. The third-order valence-electron chi connectivity index (χ3n) is 5.22. The number of carbonyl (C=O) groups is 1. The fourth-order valence-electron chi connectivity index (χ4n) is 3.50. The molecule has 9 nitrogen and oxygen atoms in total. The molecule has 0 bridgehead atoms. The van der Waals surface area contributed by atoms with Gasteiger partial charge in [0.05, 0.1) is 5.69 Å². The van der Waals surface area contributed by atoms with E-state index in [1.807, 2.05) is 18.2 Å². The quantitative estimate of drug-likeness (QED) is 0.317. The van der Waals surface area contributed by atoms with E-state index in [4.69, 9.17) is 11.6 Å².